The number of benzene rings is 6. The number of anilines is 2. The van der Waals surface area contributed by atoms with Crippen LogP contribution in [0.3, 0.4) is 0 Å². The second kappa shape index (κ2) is 14.4. The second-order valence-electron chi connectivity index (χ2n) is 12.3. The van der Waals surface area contributed by atoms with Crippen molar-refractivity contribution in [3.63, 3.8) is 0 Å². The Hall–Kier alpha value is -6.40. The molecule has 7 rings (SSSR count). The van der Waals surface area contributed by atoms with E-state index in [0.29, 0.717) is 39.2 Å². The maximum atomic E-state index is 15.0. The molecule has 1 N–H and O–H groups in total. The van der Waals surface area contributed by atoms with Gasteiger partial charge in [-0.3, -0.25) is 24.1 Å². The quantitative estimate of drug-likeness (QED) is 0.158. The van der Waals surface area contributed by atoms with Gasteiger partial charge in [0.25, 0.3) is 11.8 Å². The summed E-state index contributed by atoms with van der Waals surface area (Å²) in [6.45, 7) is 0. The minimum absolute atomic E-state index is 0.0344. The molecule has 0 aliphatic carbocycles. The van der Waals surface area contributed by atoms with E-state index in [4.69, 9.17) is 0 Å². The molecular formula is C44H34N2O4. The molecular weight excluding hydrogens is 620 g/mol. The van der Waals surface area contributed by atoms with Crippen LogP contribution in [0.5, 0.6) is 0 Å². The van der Waals surface area contributed by atoms with Crippen LogP contribution >= 0.6 is 0 Å². The molecule has 6 aromatic carbocycles. The van der Waals surface area contributed by atoms with E-state index in [-0.39, 0.29) is 29.8 Å². The number of carbonyl (C=O) groups is 4. The number of nitrogens with one attached hydrogen (secondary N) is 1. The third kappa shape index (κ3) is 6.39. The van der Waals surface area contributed by atoms with Gasteiger partial charge in [0.05, 0.1) is 12.0 Å². The van der Waals surface area contributed by atoms with Crippen molar-refractivity contribution in [3.05, 3.63) is 203 Å². The molecule has 244 valence electrons. The van der Waals surface area contributed by atoms with Gasteiger partial charge >= 0.3 is 0 Å². The Labute approximate surface area is 291 Å². The molecule has 0 spiro atoms. The van der Waals surface area contributed by atoms with Crippen LogP contribution in [0.25, 0.3) is 0 Å². The molecule has 0 aromatic heterocycles. The van der Waals surface area contributed by atoms with Crippen molar-refractivity contribution in [2.24, 2.45) is 5.92 Å². The standard InChI is InChI=1S/C44H34N2O4/c47-39(30-17-5-1-6-18-30)29-36-34-25-14-16-28-38(34)46(44(50)33-23-11-4-12-24-33)41(40(36)42(48)31-19-7-2-8-20-31)35-26-13-15-27-37(35)45-43(49)32-21-9-3-10-22-32/h1-28,36,40-41H,29H2,(H,45,49). The molecule has 6 aromatic rings. The fourth-order valence-electron chi connectivity index (χ4n) is 6.98. The fourth-order valence-corrected chi connectivity index (χ4v) is 6.98. The van der Waals surface area contributed by atoms with Gasteiger partial charge in [-0.25, -0.2) is 0 Å². The van der Waals surface area contributed by atoms with E-state index >= 15 is 4.79 Å². The highest BCUT2D eigenvalue weighted by molar-refractivity contribution is 6.11. The summed E-state index contributed by atoms with van der Waals surface area (Å²) >= 11 is 0. The molecule has 3 unspecified atom stereocenters. The van der Waals surface area contributed by atoms with Crippen molar-refractivity contribution in [1.82, 2.24) is 0 Å². The van der Waals surface area contributed by atoms with Crippen molar-refractivity contribution >= 4 is 34.8 Å². The number of Topliss-reactive ketones (excluding diaryl/α,β-unsaturated/α-hetero) is 2. The summed E-state index contributed by atoms with van der Waals surface area (Å²) in [5, 5.41) is 3.07. The summed E-state index contributed by atoms with van der Waals surface area (Å²) in [5.41, 5.74) is 4.33. The molecule has 6 nitrogen and oxygen atoms in total. The Morgan fingerprint density at radius 3 is 1.60 bits per heavy atom. The van der Waals surface area contributed by atoms with Gasteiger partial charge in [-0.2, -0.15) is 0 Å². The molecule has 0 radical (unpaired) electrons. The second-order valence-corrected chi connectivity index (χ2v) is 12.3. The van der Waals surface area contributed by atoms with Crippen LogP contribution in [0.1, 0.15) is 70.9 Å². The minimum atomic E-state index is -0.901. The van der Waals surface area contributed by atoms with E-state index in [1.807, 2.05) is 91.0 Å². The van der Waals surface area contributed by atoms with Crippen molar-refractivity contribution < 1.29 is 19.2 Å². The van der Waals surface area contributed by atoms with Crippen molar-refractivity contribution in [2.45, 2.75) is 18.4 Å². The van der Waals surface area contributed by atoms with Crippen LogP contribution in [-0.2, 0) is 0 Å². The first-order chi connectivity index (χ1) is 24.5. The first-order valence-electron chi connectivity index (χ1n) is 16.6. The predicted molar refractivity (Wildman–Crippen MR) is 196 cm³/mol. The van der Waals surface area contributed by atoms with Gasteiger partial charge in [0.15, 0.2) is 11.6 Å². The van der Waals surface area contributed by atoms with Crippen molar-refractivity contribution in [2.75, 3.05) is 10.2 Å². The first-order valence-corrected chi connectivity index (χ1v) is 16.6. The van der Waals surface area contributed by atoms with Crippen molar-refractivity contribution in [3.8, 4) is 0 Å². The number of hydrogen-bond acceptors (Lipinski definition) is 4. The maximum Gasteiger partial charge on any atom is 0.258 e. The minimum Gasteiger partial charge on any atom is -0.322 e. The highest BCUT2D eigenvalue weighted by atomic mass is 16.2. The van der Waals surface area contributed by atoms with Gasteiger partial charge in [-0.05, 0) is 47.5 Å². The number of amides is 2. The van der Waals surface area contributed by atoms with Crippen LogP contribution in [-0.4, -0.2) is 23.4 Å². The lowest BCUT2D eigenvalue weighted by Gasteiger charge is -2.46. The Morgan fingerprint density at radius 2 is 0.980 bits per heavy atom. The summed E-state index contributed by atoms with van der Waals surface area (Å²) in [6, 6.07) is 49.8. The number of carbonyl (C=O) groups excluding carboxylic acids is 4. The molecule has 1 aliphatic heterocycles. The number of ketones is 2. The number of nitrogens with zero attached hydrogens (tertiary/aromatic N) is 1. The topological polar surface area (TPSA) is 83.6 Å². The predicted octanol–water partition coefficient (Wildman–Crippen LogP) is 9.20. The third-order valence-electron chi connectivity index (χ3n) is 9.31. The van der Waals surface area contributed by atoms with Crippen LogP contribution in [0.15, 0.2) is 170 Å². The SMILES string of the molecule is O=C(CC1c2ccccc2N(C(=O)c2ccccc2)C(c2ccccc2NC(=O)c2ccccc2)C1C(=O)c1ccccc1)c1ccccc1. The van der Waals surface area contributed by atoms with E-state index in [9.17, 15) is 14.4 Å². The van der Waals surface area contributed by atoms with E-state index in [0.717, 1.165) is 5.56 Å². The van der Waals surface area contributed by atoms with Gasteiger partial charge in [-0.1, -0.05) is 133 Å². The monoisotopic (exact) mass is 654 g/mol. The molecule has 3 atom stereocenters. The van der Waals surface area contributed by atoms with Crippen molar-refractivity contribution in [1.29, 1.82) is 0 Å². The zero-order valence-corrected chi connectivity index (χ0v) is 27.2. The van der Waals surface area contributed by atoms with Gasteiger partial charge in [0.2, 0.25) is 0 Å². The highest BCUT2D eigenvalue weighted by Gasteiger charge is 2.49. The van der Waals surface area contributed by atoms with E-state index in [1.165, 1.54) is 0 Å². The Bertz CT molecular complexity index is 2150. The molecule has 0 saturated carbocycles. The van der Waals surface area contributed by atoms with E-state index < -0.39 is 17.9 Å². The lowest BCUT2D eigenvalue weighted by Crippen LogP contribution is -2.48. The molecule has 0 fully saturated rings. The van der Waals surface area contributed by atoms with E-state index in [2.05, 4.69) is 5.32 Å². The smallest absolute Gasteiger partial charge is 0.258 e. The third-order valence-corrected chi connectivity index (χ3v) is 9.31. The van der Waals surface area contributed by atoms with Gasteiger partial charge in [0, 0.05) is 46.0 Å². The molecule has 1 heterocycles. The number of hydrogen-bond donors (Lipinski definition) is 1. The number of fused-ring (bicyclic) bond motifs is 1. The molecule has 0 saturated heterocycles. The molecule has 1 aliphatic rings. The summed E-state index contributed by atoms with van der Waals surface area (Å²) in [5.74, 6) is -2.44. The summed E-state index contributed by atoms with van der Waals surface area (Å²) in [7, 11) is 0. The zero-order chi connectivity index (χ0) is 34.5. The van der Waals surface area contributed by atoms with Gasteiger partial charge in [0.1, 0.15) is 0 Å². The molecule has 6 heteroatoms. The van der Waals surface area contributed by atoms with E-state index in [1.54, 1.807) is 83.8 Å². The first kappa shape index (κ1) is 32.2. The summed E-state index contributed by atoms with van der Waals surface area (Å²) < 4.78 is 0. The lowest BCUT2D eigenvalue weighted by molar-refractivity contribution is 0.0824. The molecule has 2 amide bonds. The Morgan fingerprint density at radius 1 is 0.500 bits per heavy atom. The summed E-state index contributed by atoms with van der Waals surface area (Å²) in [4.78, 5) is 59.2. The number of rotatable bonds is 9. The number of para-hydroxylation sites is 2. The van der Waals surface area contributed by atoms with Gasteiger partial charge in [-0.15, -0.1) is 0 Å². The molecule has 0 bridgehead atoms. The van der Waals surface area contributed by atoms with Crippen LogP contribution in [0.4, 0.5) is 11.4 Å². The lowest BCUT2D eigenvalue weighted by atomic mass is 9.68. The van der Waals surface area contributed by atoms with Crippen LogP contribution in [0, 0.1) is 5.92 Å². The Balaban J connectivity index is 1.46. The largest absolute Gasteiger partial charge is 0.322 e. The average Bonchev–Trinajstić information content (AvgIpc) is 3.18. The fraction of sp³-hybridized carbons (Fsp3) is 0.0909. The van der Waals surface area contributed by atoms with Gasteiger partial charge < -0.3 is 5.32 Å². The molecule has 50 heavy (non-hydrogen) atoms. The summed E-state index contributed by atoms with van der Waals surface area (Å²) in [6.07, 6.45) is 0.0344. The average molecular weight is 655 g/mol. The Kier molecular flexibility index (Phi) is 9.25. The highest BCUT2D eigenvalue weighted by Crippen LogP contribution is 2.53. The zero-order valence-electron chi connectivity index (χ0n) is 27.2. The van der Waals surface area contributed by atoms with Crippen LogP contribution in [0.2, 0.25) is 0 Å². The van der Waals surface area contributed by atoms with Crippen LogP contribution < -0.4 is 10.2 Å². The maximum absolute atomic E-state index is 15.0. The normalized spacial score (nSPS) is 16.6.